The summed E-state index contributed by atoms with van der Waals surface area (Å²) in [6, 6.07) is 10.6. The summed E-state index contributed by atoms with van der Waals surface area (Å²) in [6.45, 7) is 2.75. The maximum atomic E-state index is 6.17. The summed E-state index contributed by atoms with van der Waals surface area (Å²) in [7, 11) is 3.33. The van der Waals surface area contributed by atoms with Crippen LogP contribution in [0.5, 0.6) is 0 Å². The highest BCUT2D eigenvalue weighted by Gasteiger charge is 2.36. The summed E-state index contributed by atoms with van der Waals surface area (Å²) in [5, 5.41) is 0. The molecule has 0 saturated carbocycles. The van der Waals surface area contributed by atoms with Crippen LogP contribution in [0.3, 0.4) is 0 Å². The highest BCUT2D eigenvalue weighted by atomic mass is 16.7. The van der Waals surface area contributed by atoms with Gasteiger partial charge in [0.1, 0.15) is 0 Å². The molecule has 2 unspecified atom stereocenters. The molecule has 4 heteroatoms. The van der Waals surface area contributed by atoms with E-state index in [9.17, 15) is 0 Å². The fourth-order valence-corrected chi connectivity index (χ4v) is 2.65. The molecule has 1 aliphatic rings. The molecule has 1 fully saturated rings. The van der Waals surface area contributed by atoms with E-state index >= 15 is 0 Å². The molecule has 1 aliphatic heterocycles. The molecule has 2 atom stereocenters. The fourth-order valence-electron chi connectivity index (χ4n) is 2.65. The van der Waals surface area contributed by atoms with Gasteiger partial charge in [-0.2, -0.15) is 0 Å². The average Bonchev–Trinajstić information content (AvgIpc) is 2.73. The Balaban J connectivity index is 1.94. The minimum absolute atomic E-state index is 0.110. The van der Waals surface area contributed by atoms with Crippen molar-refractivity contribution in [2.75, 3.05) is 27.3 Å². The van der Waals surface area contributed by atoms with Gasteiger partial charge in [-0.1, -0.05) is 30.3 Å². The molecular formula is C14H22N2O2. The Bertz CT molecular complexity index is 354. The first-order valence-electron chi connectivity index (χ1n) is 6.32. The number of likely N-dealkylation sites (tertiary alicyclic amines) is 1. The second kappa shape index (κ2) is 6.29. The van der Waals surface area contributed by atoms with Crippen LogP contribution in [0.2, 0.25) is 0 Å². The number of nitrogens with zero attached hydrogens (tertiary/aromatic N) is 1. The van der Waals surface area contributed by atoms with E-state index in [2.05, 4.69) is 29.2 Å². The van der Waals surface area contributed by atoms with Crippen molar-refractivity contribution < 1.29 is 9.47 Å². The maximum absolute atomic E-state index is 6.17. The van der Waals surface area contributed by atoms with E-state index in [4.69, 9.17) is 15.2 Å². The van der Waals surface area contributed by atoms with Crippen LogP contribution >= 0.6 is 0 Å². The highest BCUT2D eigenvalue weighted by molar-refractivity contribution is 5.14. The third kappa shape index (κ3) is 3.09. The average molecular weight is 250 g/mol. The molecule has 2 N–H and O–H groups in total. The molecule has 0 radical (unpaired) electrons. The number of nitrogens with two attached hydrogens (primary N) is 1. The number of hydrogen-bond acceptors (Lipinski definition) is 4. The summed E-state index contributed by atoms with van der Waals surface area (Å²) in [6.07, 6.45) is -0.208. The maximum Gasteiger partial charge on any atom is 0.162 e. The zero-order valence-electron chi connectivity index (χ0n) is 11.1. The second-order valence-corrected chi connectivity index (χ2v) is 4.85. The Hall–Kier alpha value is -0.940. The smallest absolute Gasteiger partial charge is 0.162 e. The number of hydrogen-bond donors (Lipinski definition) is 1. The standard InChI is InChI=1S/C14H22N2O2/c1-17-14(18-2)12-9-16(10-13(12)15)8-11-6-4-3-5-7-11/h3-7,12-14H,8-10,15H2,1-2H3. The van der Waals surface area contributed by atoms with Gasteiger partial charge >= 0.3 is 0 Å². The molecule has 1 saturated heterocycles. The summed E-state index contributed by atoms with van der Waals surface area (Å²) in [5.41, 5.74) is 7.49. The van der Waals surface area contributed by atoms with Gasteiger partial charge in [-0.25, -0.2) is 0 Å². The minimum Gasteiger partial charge on any atom is -0.356 e. The Morgan fingerprint density at radius 1 is 1.22 bits per heavy atom. The molecule has 1 heterocycles. The molecule has 0 bridgehead atoms. The predicted molar refractivity (Wildman–Crippen MR) is 71.0 cm³/mol. The van der Waals surface area contributed by atoms with Crippen molar-refractivity contribution >= 4 is 0 Å². The van der Waals surface area contributed by atoms with E-state index < -0.39 is 0 Å². The number of methoxy groups -OCH3 is 2. The van der Waals surface area contributed by atoms with Crippen molar-refractivity contribution in [2.45, 2.75) is 18.9 Å². The van der Waals surface area contributed by atoms with E-state index in [-0.39, 0.29) is 18.2 Å². The van der Waals surface area contributed by atoms with Crippen molar-refractivity contribution in [3.05, 3.63) is 35.9 Å². The lowest BCUT2D eigenvalue weighted by molar-refractivity contribution is -0.136. The van der Waals surface area contributed by atoms with Crippen LogP contribution in [0.1, 0.15) is 5.56 Å². The minimum atomic E-state index is -0.208. The zero-order chi connectivity index (χ0) is 13.0. The Kier molecular flexibility index (Phi) is 4.72. The van der Waals surface area contributed by atoms with Crippen molar-refractivity contribution in [1.29, 1.82) is 0 Å². The topological polar surface area (TPSA) is 47.7 Å². The first kappa shape index (κ1) is 13.5. The molecule has 0 aliphatic carbocycles. The van der Waals surface area contributed by atoms with E-state index in [0.29, 0.717) is 0 Å². The predicted octanol–water partition coefficient (Wildman–Crippen LogP) is 1.06. The van der Waals surface area contributed by atoms with Crippen LogP contribution < -0.4 is 5.73 Å². The van der Waals surface area contributed by atoms with Gasteiger partial charge in [0.15, 0.2) is 6.29 Å². The van der Waals surface area contributed by atoms with Crippen LogP contribution in [0.4, 0.5) is 0 Å². The van der Waals surface area contributed by atoms with Crippen LogP contribution in [-0.2, 0) is 16.0 Å². The molecule has 100 valence electrons. The first-order valence-corrected chi connectivity index (χ1v) is 6.32. The lowest BCUT2D eigenvalue weighted by Crippen LogP contribution is -2.38. The molecule has 1 aromatic carbocycles. The van der Waals surface area contributed by atoms with Crippen molar-refractivity contribution in [3.8, 4) is 0 Å². The Labute approximate surface area is 109 Å². The third-order valence-corrected chi connectivity index (χ3v) is 3.55. The number of rotatable bonds is 5. The Morgan fingerprint density at radius 2 is 1.89 bits per heavy atom. The van der Waals surface area contributed by atoms with Crippen LogP contribution in [0.15, 0.2) is 30.3 Å². The van der Waals surface area contributed by atoms with E-state index in [0.717, 1.165) is 19.6 Å². The quantitative estimate of drug-likeness (QED) is 0.794. The van der Waals surface area contributed by atoms with Crippen molar-refractivity contribution in [3.63, 3.8) is 0 Å². The molecule has 18 heavy (non-hydrogen) atoms. The third-order valence-electron chi connectivity index (χ3n) is 3.55. The molecule has 1 aromatic rings. The lowest BCUT2D eigenvalue weighted by Gasteiger charge is -2.23. The SMILES string of the molecule is COC(OC)C1CN(Cc2ccccc2)CC1N. The monoisotopic (exact) mass is 250 g/mol. The summed E-state index contributed by atoms with van der Waals surface area (Å²) >= 11 is 0. The molecule has 0 spiro atoms. The van der Waals surface area contributed by atoms with Gasteiger partial charge in [0, 0.05) is 45.8 Å². The molecule has 4 nitrogen and oxygen atoms in total. The highest BCUT2D eigenvalue weighted by Crippen LogP contribution is 2.22. The number of benzene rings is 1. The van der Waals surface area contributed by atoms with Crippen LogP contribution in [0, 0.1) is 5.92 Å². The first-order chi connectivity index (χ1) is 8.74. The number of ether oxygens (including phenoxy) is 2. The van der Waals surface area contributed by atoms with Gasteiger partial charge in [0.2, 0.25) is 0 Å². The molecule has 2 rings (SSSR count). The fraction of sp³-hybridized carbons (Fsp3) is 0.571. The molecular weight excluding hydrogens is 228 g/mol. The molecule has 0 amide bonds. The van der Waals surface area contributed by atoms with E-state index in [1.165, 1.54) is 5.56 Å². The van der Waals surface area contributed by atoms with E-state index in [1.807, 2.05) is 6.07 Å². The molecule has 0 aromatic heterocycles. The summed E-state index contributed by atoms with van der Waals surface area (Å²) in [5.74, 6) is 0.240. The second-order valence-electron chi connectivity index (χ2n) is 4.85. The lowest BCUT2D eigenvalue weighted by atomic mass is 10.0. The van der Waals surface area contributed by atoms with Gasteiger partial charge in [-0.05, 0) is 5.56 Å². The largest absolute Gasteiger partial charge is 0.356 e. The Morgan fingerprint density at radius 3 is 2.50 bits per heavy atom. The van der Waals surface area contributed by atoms with Gasteiger partial charge in [0.05, 0.1) is 0 Å². The summed E-state index contributed by atoms with van der Waals surface area (Å²) in [4.78, 5) is 2.36. The van der Waals surface area contributed by atoms with Gasteiger partial charge in [-0.15, -0.1) is 0 Å². The zero-order valence-corrected chi connectivity index (χ0v) is 11.1. The summed E-state index contributed by atoms with van der Waals surface area (Å²) < 4.78 is 10.6. The van der Waals surface area contributed by atoms with Crippen LogP contribution in [-0.4, -0.2) is 44.5 Å². The normalized spacial score (nSPS) is 24.9. The van der Waals surface area contributed by atoms with Crippen molar-refractivity contribution in [2.24, 2.45) is 11.7 Å². The van der Waals surface area contributed by atoms with Gasteiger partial charge in [0.25, 0.3) is 0 Å². The van der Waals surface area contributed by atoms with Crippen LogP contribution in [0.25, 0.3) is 0 Å². The van der Waals surface area contributed by atoms with E-state index in [1.54, 1.807) is 14.2 Å². The van der Waals surface area contributed by atoms with Gasteiger partial charge < -0.3 is 15.2 Å². The van der Waals surface area contributed by atoms with Gasteiger partial charge in [-0.3, -0.25) is 4.90 Å². The van der Waals surface area contributed by atoms with Crippen molar-refractivity contribution in [1.82, 2.24) is 4.90 Å².